The molecule has 0 spiro atoms. The van der Waals surface area contributed by atoms with Crippen LogP contribution in [0, 0.1) is 20.8 Å². The fourth-order valence-electron chi connectivity index (χ4n) is 3.39. The van der Waals surface area contributed by atoms with Gasteiger partial charge >= 0.3 is 0 Å². The third kappa shape index (κ3) is 2.24. The third-order valence-electron chi connectivity index (χ3n) is 4.65. The Kier molecular flexibility index (Phi) is 3.30. The molecule has 2 aromatic heterocycles. The van der Waals surface area contributed by atoms with Gasteiger partial charge in [0.15, 0.2) is 5.76 Å². The summed E-state index contributed by atoms with van der Waals surface area (Å²) in [7, 11) is 0. The van der Waals surface area contributed by atoms with Gasteiger partial charge < -0.3 is 9.73 Å². The van der Waals surface area contributed by atoms with Gasteiger partial charge in [0.25, 0.3) is 5.91 Å². The van der Waals surface area contributed by atoms with Gasteiger partial charge in [-0.1, -0.05) is 17.7 Å². The molecule has 0 aliphatic heterocycles. The Morgan fingerprint density at radius 2 is 2.08 bits per heavy atom. The van der Waals surface area contributed by atoms with E-state index in [-0.39, 0.29) is 5.91 Å². The van der Waals surface area contributed by atoms with Gasteiger partial charge in [-0.2, -0.15) is 5.10 Å². The zero-order valence-electron chi connectivity index (χ0n) is 14.0. The third-order valence-corrected chi connectivity index (χ3v) is 4.65. The van der Waals surface area contributed by atoms with E-state index in [1.54, 1.807) is 0 Å². The molecule has 1 amide bonds. The highest BCUT2D eigenvalue weighted by molar-refractivity contribution is 6.05. The standard InChI is InChI=1S/C19H19N3O2/c1-10-4-6-14(11(2)8-10)21-19(23)18-12(3)16-15(24-18)7-5-13-9-20-22-17(13)16/h4,6,8-9H,5,7H2,1-3H3,(H,20,22)(H,21,23). The van der Waals surface area contributed by atoms with Crippen LogP contribution in [-0.2, 0) is 12.8 Å². The predicted molar refractivity (Wildman–Crippen MR) is 92.3 cm³/mol. The van der Waals surface area contributed by atoms with Crippen molar-refractivity contribution in [2.45, 2.75) is 33.6 Å². The van der Waals surface area contributed by atoms with E-state index in [0.29, 0.717) is 5.76 Å². The number of aromatic nitrogens is 2. The van der Waals surface area contributed by atoms with Gasteiger partial charge in [-0.25, -0.2) is 0 Å². The van der Waals surface area contributed by atoms with Crippen molar-refractivity contribution < 1.29 is 9.21 Å². The molecular formula is C19H19N3O2. The van der Waals surface area contributed by atoms with Crippen LogP contribution in [0.5, 0.6) is 0 Å². The molecule has 5 heteroatoms. The Hall–Kier alpha value is -2.82. The minimum Gasteiger partial charge on any atom is -0.455 e. The molecule has 2 N–H and O–H groups in total. The molecule has 0 unspecified atom stereocenters. The Balaban J connectivity index is 1.70. The molecule has 0 saturated carbocycles. The lowest BCUT2D eigenvalue weighted by molar-refractivity contribution is 0.0994. The smallest absolute Gasteiger partial charge is 0.291 e. The quantitative estimate of drug-likeness (QED) is 0.751. The van der Waals surface area contributed by atoms with E-state index >= 15 is 0 Å². The number of furan rings is 1. The first-order valence-corrected chi connectivity index (χ1v) is 8.08. The lowest BCUT2D eigenvalue weighted by Crippen LogP contribution is -2.13. The Morgan fingerprint density at radius 3 is 2.88 bits per heavy atom. The molecule has 1 aliphatic carbocycles. The maximum absolute atomic E-state index is 12.7. The summed E-state index contributed by atoms with van der Waals surface area (Å²) in [5.41, 5.74) is 7.00. The molecule has 0 radical (unpaired) electrons. The first kappa shape index (κ1) is 14.8. The van der Waals surface area contributed by atoms with Gasteiger partial charge in [0.2, 0.25) is 0 Å². The highest BCUT2D eigenvalue weighted by atomic mass is 16.4. The number of aryl methyl sites for hydroxylation is 4. The summed E-state index contributed by atoms with van der Waals surface area (Å²) >= 11 is 0. The average Bonchev–Trinajstić information content (AvgIpc) is 3.14. The van der Waals surface area contributed by atoms with Crippen molar-refractivity contribution in [1.82, 2.24) is 10.2 Å². The maximum Gasteiger partial charge on any atom is 0.291 e. The number of hydrogen-bond donors (Lipinski definition) is 2. The zero-order valence-corrected chi connectivity index (χ0v) is 14.0. The van der Waals surface area contributed by atoms with Crippen molar-refractivity contribution in [3.63, 3.8) is 0 Å². The molecule has 0 fully saturated rings. The summed E-state index contributed by atoms with van der Waals surface area (Å²) in [6, 6.07) is 5.96. The van der Waals surface area contributed by atoms with Gasteiger partial charge in [-0.05, 0) is 44.4 Å². The number of rotatable bonds is 2. The molecule has 0 bridgehead atoms. The number of fused-ring (bicyclic) bond motifs is 3. The highest BCUT2D eigenvalue weighted by Gasteiger charge is 2.28. The molecule has 0 atom stereocenters. The van der Waals surface area contributed by atoms with Crippen molar-refractivity contribution in [2.24, 2.45) is 0 Å². The molecule has 1 aromatic carbocycles. The molecule has 0 saturated heterocycles. The normalized spacial score (nSPS) is 12.6. The van der Waals surface area contributed by atoms with Crippen LogP contribution in [-0.4, -0.2) is 16.1 Å². The van der Waals surface area contributed by atoms with Crippen molar-refractivity contribution in [3.8, 4) is 11.3 Å². The SMILES string of the molecule is Cc1ccc(NC(=O)c2oc3c(c2C)-c2[nH]ncc2CC3)c(C)c1. The molecule has 5 nitrogen and oxygen atoms in total. The molecule has 1 aliphatic rings. The van der Waals surface area contributed by atoms with E-state index in [4.69, 9.17) is 4.42 Å². The van der Waals surface area contributed by atoms with Crippen LogP contribution in [0.2, 0.25) is 0 Å². The Labute approximate surface area is 140 Å². The number of benzene rings is 1. The summed E-state index contributed by atoms with van der Waals surface area (Å²) in [6.07, 6.45) is 3.52. The van der Waals surface area contributed by atoms with Crippen molar-refractivity contribution in [3.05, 3.63) is 58.2 Å². The van der Waals surface area contributed by atoms with Crippen LogP contribution in [0.1, 0.15) is 38.6 Å². The van der Waals surface area contributed by atoms with E-state index in [0.717, 1.165) is 46.7 Å². The summed E-state index contributed by atoms with van der Waals surface area (Å²) in [6.45, 7) is 5.94. The van der Waals surface area contributed by atoms with Crippen LogP contribution in [0.3, 0.4) is 0 Å². The maximum atomic E-state index is 12.7. The van der Waals surface area contributed by atoms with Gasteiger partial charge in [0, 0.05) is 23.2 Å². The van der Waals surface area contributed by atoms with Gasteiger partial charge in [0.05, 0.1) is 11.9 Å². The number of carbonyl (C=O) groups excluding carboxylic acids is 1. The molecule has 4 rings (SSSR count). The number of H-pyrrole nitrogens is 1. The predicted octanol–water partition coefficient (Wildman–Crippen LogP) is 3.95. The van der Waals surface area contributed by atoms with Gasteiger partial charge in [-0.15, -0.1) is 0 Å². The van der Waals surface area contributed by atoms with Crippen LogP contribution >= 0.6 is 0 Å². The van der Waals surface area contributed by atoms with Gasteiger partial charge in [0.1, 0.15) is 5.76 Å². The lowest BCUT2D eigenvalue weighted by atomic mass is 9.93. The Morgan fingerprint density at radius 1 is 1.25 bits per heavy atom. The number of amides is 1. The number of aromatic amines is 1. The first-order valence-electron chi connectivity index (χ1n) is 8.08. The lowest BCUT2D eigenvalue weighted by Gasteiger charge is -2.09. The minimum atomic E-state index is -0.213. The van der Waals surface area contributed by atoms with Crippen molar-refractivity contribution in [1.29, 1.82) is 0 Å². The van der Waals surface area contributed by atoms with Crippen LogP contribution in [0.4, 0.5) is 5.69 Å². The number of nitrogens with one attached hydrogen (secondary N) is 2. The van der Waals surface area contributed by atoms with E-state index in [1.165, 1.54) is 11.1 Å². The number of carbonyl (C=O) groups is 1. The minimum absolute atomic E-state index is 0.213. The topological polar surface area (TPSA) is 70.9 Å². The summed E-state index contributed by atoms with van der Waals surface area (Å²) < 4.78 is 5.90. The van der Waals surface area contributed by atoms with Crippen LogP contribution in [0.15, 0.2) is 28.8 Å². The highest BCUT2D eigenvalue weighted by Crippen LogP contribution is 2.38. The average molecular weight is 321 g/mol. The second-order valence-corrected chi connectivity index (χ2v) is 6.40. The first-order chi connectivity index (χ1) is 11.5. The molecule has 2 heterocycles. The van der Waals surface area contributed by atoms with E-state index in [1.807, 2.05) is 45.2 Å². The van der Waals surface area contributed by atoms with Gasteiger partial charge in [-0.3, -0.25) is 9.89 Å². The summed E-state index contributed by atoms with van der Waals surface area (Å²) in [4.78, 5) is 12.7. The zero-order chi connectivity index (χ0) is 16.8. The number of anilines is 1. The molecular weight excluding hydrogens is 302 g/mol. The van der Waals surface area contributed by atoms with Crippen LogP contribution < -0.4 is 5.32 Å². The van der Waals surface area contributed by atoms with Crippen molar-refractivity contribution >= 4 is 11.6 Å². The Bertz CT molecular complexity index is 950. The molecule has 24 heavy (non-hydrogen) atoms. The number of nitrogens with zero attached hydrogens (tertiary/aromatic N) is 1. The fraction of sp³-hybridized carbons (Fsp3) is 0.263. The van der Waals surface area contributed by atoms with E-state index < -0.39 is 0 Å². The summed E-state index contributed by atoms with van der Waals surface area (Å²) in [5, 5.41) is 10.1. The molecule has 122 valence electrons. The number of hydrogen-bond acceptors (Lipinski definition) is 3. The summed E-state index contributed by atoms with van der Waals surface area (Å²) in [5.74, 6) is 1.02. The molecule has 3 aromatic rings. The van der Waals surface area contributed by atoms with Crippen LogP contribution in [0.25, 0.3) is 11.3 Å². The second kappa shape index (κ2) is 5.37. The van der Waals surface area contributed by atoms with E-state index in [2.05, 4.69) is 15.5 Å². The monoisotopic (exact) mass is 321 g/mol. The van der Waals surface area contributed by atoms with Crippen molar-refractivity contribution in [2.75, 3.05) is 5.32 Å². The van der Waals surface area contributed by atoms with E-state index in [9.17, 15) is 4.79 Å². The largest absolute Gasteiger partial charge is 0.455 e. The fourth-order valence-corrected chi connectivity index (χ4v) is 3.39. The second-order valence-electron chi connectivity index (χ2n) is 6.40.